The normalized spacial score (nSPS) is 19.4. The maximum Gasteiger partial charge on any atom is 0.335 e. The second-order valence-corrected chi connectivity index (χ2v) is 5.43. The van der Waals surface area contributed by atoms with Crippen LogP contribution < -0.4 is 10.6 Å². The molecule has 7 nitrogen and oxygen atoms in total. The number of aromatic carboxylic acids is 2. The standard InChI is InChI=1S/C17H14N2O5/c20-15(21)11-5-1-3-9(7-11)13-14(19-17(24)18-13)10-4-2-6-12(8-10)16(22)23/h1-8,13-14H,(H,20,21)(H,22,23)(H2,18,19,24). The van der Waals surface area contributed by atoms with Crippen LogP contribution in [-0.2, 0) is 0 Å². The Kier molecular flexibility index (Phi) is 3.91. The van der Waals surface area contributed by atoms with E-state index in [2.05, 4.69) is 10.6 Å². The first-order valence-electron chi connectivity index (χ1n) is 7.19. The van der Waals surface area contributed by atoms with Crippen molar-refractivity contribution in [1.29, 1.82) is 0 Å². The van der Waals surface area contributed by atoms with Crippen molar-refractivity contribution in [3.63, 3.8) is 0 Å². The molecule has 0 bridgehead atoms. The van der Waals surface area contributed by atoms with Gasteiger partial charge in [-0.2, -0.15) is 0 Å². The lowest BCUT2D eigenvalue weighted by Gasteiger charge is -2.20. The summed E-state index contributed by atoms with van der Waals surface area (Å²) in [6.07, 6.45) is 0. The molecule has 4 N–H and O–H groups in total. The van der Waals surface area contributed by atoms with Crippen molar-refractivity contribution >= 4 is 18.0 Å². The quantitative estimate of drug-likeness (QED) is 0.687. The number of urea groups is 1. The minimum Gasteiger partial charge on any atom is -0.478 e. The van der Waals surface area contributed by atoms with Gasteiger partial charge >= 0.3 is 18.0 Å². The summed E-state index contributed by atoms with van der Waals surface area (Å²) in [5.74, 6) is -2.11. The molecule has 0 spiro atoms. The van der Waals surface area contributed by atoms with Crippen LogP contribution >= 0.6 is 0 Å². The van der Waals surface area contributed by atoms with E-state index in [1.54, 1.807) is 24.3 Å². The Morgan fingerprint density at radius 3 is 1.58 bits per heavy atom. The van der Waals surface area contributed by atoms with Gasteiger partial charge in [-0.25, -0.2) is 14.4 Å². The minimum absolute atomic E-state index is 0.117. The average Bonchev–Trinajstić information content (AvgIpc) is 2.97. The number of nitrogens with one attached hydrogen (secondary N) is 2. The maximum absolute atomic E-state index is 11.8. The molecule has 0 radical (unpaired) electrons. The van der Waals surface area contributed by atoms with Crippen LogP contribution in [0.2, 0.25) is 0 Å². The molecule has 24 heavy (non-hydrogen) atoms. The highest BCUT2D eigenvalue weighted by atomic mass is 16.4. The zero-order valence-electron chi connectivity index (χ0n) is 12.4. The predicted octanol–water partition coefficient (Wildman–Crippen LogP) is 2.18. The van der Waals surface area contributed by atoms with Gasteiger partial charge in [-0.3, -0.25) is 0 Å². The monoisotopic (exact) mass is 326 g/mol. The molecule has 122 valence electrons. The molecule has 2 amide bonds. The van der Waals surface area contributed by atoms with E-state index in [1.807, 2.05) is 0 Å². The minimum atomic E-state index is -1.06. The zero-order chi connectivity index (χ0) is 17.3. The molecule has 1 saturated heterocycles. The van der Waals surface area contributed by atoms with Crippen molar-refractivity contribution in [1.82, 2.24) is 10.6 Å². The molecule has 1 heterocycles. The van der Waals surface area contributed by atoms with E-state index in [0.29, 0.717) is 11.1 Å². The zero-order valence-corrected chi connectivity index (χ0v) is 12.4. The van der Waals surface area contributed by atoms with Crippen LogP contribution in [0.1, 0.15) is 43.9 Å². The van der Waals surface area contributed by atoms with Gasteiger partial charge in [0.1, 0.15) is 0 Å². The Bertz CT molecular complexity index is 766. The third-order valence-corrected chi connectivity index (χ3v) is 3.89. The third-order valence-electron chi connectivity index (χ3n) is 3.89. The van der Waals surface area contributed by atoms with Gasteiger partial charge in [-0.1, -0.05) is 24.3 Å². The number of carboxylic acid groups (broad SMARTS) is 2. The van der Waals surface area contributed by atoms with Gasteiger partial charge in [0.2, 0.25) is 0 Å². The van der Waals surface area contributed by atoms with Gasteiger partial charge in [0, 0.05) is 0 Å². The molecule has 0 aromatic heterocycles. The van der Waals surface area contributed by atoms with E-state index in [9.17, 15) is 14.4 Å². The number of hydrogen-bond donors (Lipinski definition) is 4. The van der Waals surface area contributed by atoms with E-state index in [0.717, 1.165) is 0 Å². The number of rotatable bonds is 4. The Balaban J connectivity index is 1.99. The van der Waals surface area contributed by atoms with Crippen LogP contribution in [0.15, 0.2) is 48.5 Å². The first-order chi connectivity index (χ1) is 11.5. The largest absolute Gasteiger partial charge is 0.478 e. The van der Waals surface area contributed by atoms with Gasteiger partial charge < -0.3 is 20.8 Å². The lowest BCUT2D eigenvalue weighted by Crippen LogP contribution is -2.22. The van der Waals surface area contributed by atoms with Gasteiger partial charge in [0.25, 0.3) is 0 Å². The maximum atomic E-state index is 11.8. The average molecular weight is 326 g/mol. The van der Waals surface area contributed by atoms with E-state index in [4.69, 9.17) is 10.2 Å². The van der Waals surface area contributed by atoms with Crippen molar-refractivity contribution in [2.24, 2.45) is 0 Å². The summed E-state index contributed by atoms with van der Waals surface area (Å²) < 4.78 is 0. The third kappa shape index (κ3) is 2.91. The summed E-state index contributed by atoms with van der Waals surface area (Å²) in [5.41, 5.74) is 1.48. The number of carbonyl (C=O) groups is 3. The predicted molar refractivity (Wildman–Crippen MR) is 84.0 cm³/mol. The van der Waals surface area contributed by atoms with E-state index < -0.39 is 30.1 Å². The highest BCUT2D eigenvalue weighted by Crippen LogP contribution is 2.33. The highest BCUT2D eigenvalue weighted by Gasteiger charge is 2.34. The smallest absolute Gasteiger partial charge is 0.335 e. The molecule has 0 aliphatic carbocycles. The van der Waals surface area contributed by atoms with Crippen LogP contribution in [-0.4, -0.2) is 28.2 Å². The van der Waals surface area contributed by atoms with Crippen LogP contribution in [0.3, 0.4) is 0 Å². The lowest BCUT2D eigenvalue weighted by atomic mass is 9.93. The number of carboxylic acids is 2. The fourth-order valence-electron chi connectivity index (χ4n) is 2.77. The summed E-state index contributed by atoms with van der Waals surface area (Å²) in [4.78, 5) is 34.1. The van der Waals surface area contributed by atoms with Gasteiger partial charge in [0.05, 0.1) is 23.2 Å². The molecule has 1 aliphatic rings. The Labute approximate surface area is 136 Å². The van der Waals surface area contributed by atoms with Crippen LogP contribution in [0.5, 0.6) is 0 Å². The Morgan fingerprint density at radius 2 is 1.21 bits per heavy atom. The molecular weight excluding hydrogens is 312 g/mol. The summed E-state index contributed by atoms with van der Waals surface area (Å²) >= 11 is 0. The van der Waals surface area contributed by atoms with Crippen molar-refractivity contribution < 1.29 is 24.6 Å². The highest BCUT2D eigenvalue weighted by molar-refractivity contribution is 5.88. The topological polar surface area (TPSA) is 116 Å². The number of benzene rings is 2. The van der Waals surface area contributed by atoms with Crippen molar-refractivity contribution in [2.45, 2.75) is 12.1 Å². The van der Waals surface area contributed by atoms with Crippen molar-refractivity contribution in [3.8, 4) is 0 Å². The molecule has 2 atom stereocenters. The molecular formula is C17H14N2O5. The molecule has 1 fully saturated rings. The number of hydrogen-bond acceptors (Lipinski definition) is 3. The first kappa shape index (κ1) is 15.5. The molecule has 3 rings (SSSR count). The van der Waals surface area contributed by atoms with Crippen LogP contribution in [0.4, 0.5) is 4.79 Å². The van der Waals surface area contributed by atoms with Crippen molar-refractivity contribution in [3.05, 3.63) is 70.8 Å². The van der Waals surface area contributed by atoms with Gasteiger partial charge in [-0.15, -0.1) is 0 Å². The fourth-order valence-corrected chi connectivity index (χ4v) is 2.77. The van der Waals surface area contributed by atoms with E-state index >= 15 is 0 Å². The molecule has 0 saturated carbocycles. The second kappa shape index (κ2) is 6.04. The summed E-state index contributed by atoms with van der Waals surface area (Å²) in [5, 5.41) is 23.7. The fraction of sp³-hybridized carbons (Fsp3) is 0.118. The lowest BCUT2D eigenvalue weighted by molar-refractivity contribution is 0.0686. The van der Waals surface area contributed by atoms with Crippen molar-refractivity contribution in [2.75, 3.05) is 0 Å². The SMILES string of the molecule is O=C1NC(c2cccc(C(=O)O)c2)C(c2cccc(C(=O)O)c2)N1. The summed E-state index contributed by atoms with van der Waals surface area (Å²) in [6, 6.07) is 11.2. The van der Waals surface area contributed by atoms with Crippen LogP contribution in [0.25, 0.3) is 0 Å². The van der Waals surface area contributed by atoms with Gasteiger partial charge in [0.15, 0.2) is 0 Å². The van der Waals surface area contributed by atoms with E-state index in [1.165, 1.54) is 24.3 Å². The second-order valence-electron chi connectivity index (χ2n) is 5.43. The van der Waals surface area contributed by atoms with Gasteiger partial charge in [-0.05, 0) is 35.4 Å². The van der Waals surface area contributed by atoms with E-state index in [-0.39, 0.29) is 11.1 Å². The summed E-state index contributed by atoms with van der Waals surface area (Å²) in [6.45, 7) is 0. The molecule has 2 aromatic carbocycles. The summed E-state index contributed by atoms with van der Waals surface area (Å²) in [7, 11) is 0. The molecule has 7 heteroatoms. The number of amides is 2. The Hall–Kier alpha value is -3.35. The molecule has 2 aromatic rings. The first-order valence-corrected chi connectivity index (χ1v) is 7.19. The molecule has 2 unspecified atom stereocenters. The Morgan fingerprint density at radius 1 is 0.792 bits per heavy atom. The number of carbonyl (C=O) groups excluding carboxylic acids is 1. The molecule has 1 aliphatic heterocycles. The van der Waals surface area contributed by atoms with Crippen LogP contribution in [0, 0.1) is 0 Å².